The molecule has 0 fully saturated rings. The number of hydrogen-bond acceptors (Lipinski definition) is 4. The number of ether oxygens (including phenoxy) is 1. The summed E-state index contributed by atoms with van der Waals surface area (Å²) in [5.74, 6) is 0.463. The van der Waals surface area contributed by atoms with Crippen LogP contribution in [0.4, 0.5) is 19.0 Å². The van der Waals surface area contributed by atoms with Gasteiger partial charge in [0.15, 0.2) is 0 Å². The van der Waals surface area contributed by atoms with Crippen molar-refractivity contribution in [2.45, 2.75) is 6.18 Å². The lowest BCUT2D eigenvalue weighted by Gasteiger charge is -2.22. The summed E-state index contributed by atoms with van der Waals surface area (Å²) in [5, 5.41) is 0. The molecule has 102 valence electrons. The molecule has 0 unspecified atom stereocenters. The predicted octanol–water partition coefficient (Wildman–Crippen LogP) is 1.51. The van der Waals surface area contributed by atoms with Crippen molar-refractivity contribution in [2.24, 2.45) is 5.73 Å². The van der Waals surface area contributed by atoms with Gasteiger partial charge in [0.1, 0.15) is 5.82 Å². The number of pyridine rings is 1. The van der Waals surface area contributed by atoms with Gasteiger partial charge in [-0.2, -0.15) is 13.2 Å². The molecular formula is C11H16F3N3O. The smallest absolute Gasteiger partial charge is 0.383 e. The molecule has 0 aliphatic rings. The first-order valence-electron chi connectivity index (χ1n) is 5.46. The van der Waals surface area contributed by atoms with Gasteiger partial charge in [0.2, 0.25) is 0 Å². The number of alkyl halides is 3. The van der Waals surface area contributed by atoms with E-state index in [1.165, 1.54) is 6.07 Å². The minimum absolute atomic E-state index is 0.395. The van der Waals surface area contributed by atoms with Crippen molar-refractivity contribution in [3.63, 3.8) is 0 Å². The van der Waals surface area contributed by atoms with Crippen molar-refractivity contribution in [1.82, 2.24) is 4.98 Å². The van der Waals surface area contributed by atoms with E-state index in [1.54, 1.807) is 12.0 Å². The minimum atomic E-state index is -4.36. The molecule has 0 amide bonds. The normalized spacial score (nSPS) is 11.6. The molecule has 0 saturated heterocycles. The highest BCUT2D eigenvalue weighted by molar-refractivity contribution is 5.39. The molecule has 0 saturated carbocycles. The maximum Gasteiger partial charge on any atom is 0.417 e. The quantitative estimate of drug-likeness (QED) is 0.845. The van der Waals surface area contributed by atoms with E-state index in [-0.39, 0.29) is 0 Å². The second kappa shape index (κ2) is 6.55. The maximum absolute atomic E-state index is 12.4. The molecule has 2 N–H and O–H groups in total. The molecule has 1 heterocycles. The Morgan fingerprint density at radius 3 is 2.50 bits per heavy atom. The zero-order valence-electron chi connectivity index (χ0n) is 10.1. The number of aromatic nitrogens is 1. The molecule has 0 atom stereocenters. The molecule has 4 nitrogen and oxygen atoms in total. The molecule has 0 aliphatic heterocycles. The van der Waals surface area contributed by atoms with E-state index in [0.717, 1.165) is 12.3 Å². The van der Waals surface area contributed by atoms with Crippen molar-refractivity contribution >= 4 is 5.82 Å². The van der Waals surface area contributed by atoms with Gasteiger partial charge >= 0.3 is 6.18 Å². The Balaban J connectivity index is 2.79. The summed E-state index contributed by atoms with van der Waals surface area (Å²) in [4.78, 5) is 5.59. The SMILES string of the molecule is COCCN(CCN)c1ccc(C(F)(F)F)cn1. The lowest BCUT2D eigenvalue weighted by molar-refractivity contribution is -0.137. The standard InChI is InChI=1S/C11H16F3N3O/c1-18-7-6-17(5-4-15)10-3-2-9(8-16-10)11(12,13)14/h2-3,8H,4-7,15H2,1H3. The Morgan fingerprint density at radius 2 is 2.06 bits per heavy atom. The summed E-state index contributed by atoms with van der Waals surface area (Å²) in [6, 6.07) is 2.35. The van der Waals surface area contributed by atoms with Gasteiger partial charge in [0, 0.05) is 32.9 Å². The van der Waals surface area contributed by atoms with Crippen LogP contribution < -0.4 is 10.6 Å². The van der Waals surface area contributed by atoms with Crippen molar-refractivity contribution in [3.8, 4) is 0 Å². The van der Waals surface area contributed by atoms with Crippen LogP contribution in [-0.2, 0) is 10.9 Å². The third-order valence-electron chi connectivity index (χ3n) is 2.36. The maximum atomic E-state index is 12.4. The van der Waals surface area contributed by atoms with Gasteiger partial charge in [-0.3, -0.25) is 0 Å². The van der Waals surface area contributed by atoms with Crippen LogP contribution in [0.1, 0.15) is 5.56 Å². The highest BCUT2D eigenvalue weighted by Gasteiger charge is 2.30. The summed E-state index contributed by atoms with van der Waals surface area (Å²) in [6.07, 6.45) is -3.54. The van der Waals surface area contributed by atoms with Crippen LogP contribution in [0.2, 0.25) is 0 Å². The highest BCUT2D eigenvalue weighted by Crippen LogP contribution is 2.29. The van der Waals surface area contributed by atoms with E-state index in [0.29, 0.717) is 32.1 Å². The average Bonchev–Trinajstić information content (AvgIpc) is 2.33. The van der Waals surface area contributed by atoms with E-state index in [2.05, 4.69) is 4.98 Å². The lowest BCUT2D eigenvalue weighted by atomic mass is 10.2. The molecule has 1 aromatic rings. The third kappa shape index (κ3) is 4.15. The van der Waals surface area contributed by atoms with Crippen molar-refractivity contribution in [1.29, 1.82) is 0 Å². The molecule has 1 aromatic heterocycles. The number of rotatable bonds is 6. The molecule has 0 aliphatic carbocycles. The number of anilines is 1. The van der Waals surface area contributed by atoms with Gasteiger partial charge in [-0.25, -0.2) is 4.98 Å². The van der Waals surface area contributed by atoms with Crippen LogP contribution in [0.25, 0.3) is 0 Å². The van der Waals surface area contributed by atoms with E-state index in [4.69, 9.17) is 10.5 Å². The fourth-order valence-electron chi connectivity index (χ4n) is 1.44. The summed E-state index contributed by atoms with van der Waals surface area (Å²) in [5.41, 5.74) is 4.69. The second-order valence-electron chi connectivity index (χ2n) is 3.67. The first-order chi connectivity index (χ1) is 8.49. The van der Waals surface area contributed by atoms with Crippen LogP contribution in [0.15, 0.2) is 18.3 Å². The zero-order valence-corrected chi connectivity index (χ0v) is 10.1. The second-order valence-corrected chi connectivity index (χ2v) is 3.67. The lowest BCUT2D eigenvalue weighted by Crippen LogP contribution is -2.33. The van der Waals surface area contributed by atoms with Gasteiger partial charge in [-0.1, -0.05) is 0 Å². The van der Waals surface area contributed by atoms with Crippen LogP contribution >= 0.6 is 0 Å². The largest absolute Gasteiger partial charge is 0.417 e. The highest BCUT2D eigenvalue weighted by atomic mass is 19.4. The molecule has 0 bridgehead atoms. The Kier molecular flexibility index (Phi) is 5.36. The van der Waals surface area contributed by atoms with E-state index in [9.17, 15) is 13.2 Å². The fourth-order valence-corrected chi connectivity index (χ4v) is 1.44. The fraction of sp³-hybridized carbons (Fsp3) is 0.545. The Labute approximate surface area is 104 Å². The first-order valence-corrected chi connectivity index (χ1v) is 5.46. The summed E-state index contributed by atoms with van der Waals surface area (Å²) in [7, 11) is 1.56. The summed E-state index contributed by atoms with van der Waals surface area (Å²) >= 11 is 0. The van der Waals surface area contributed by atoms with Crippen LogP contribution in [-0.4, -0.2) is 38.3 Å². The van der Waals surface area contributed by atoms with Crippen molar-refractivity contribution < 1.29 is 17.9 Å². The number of halogens is 3. The molecule has 1 rings (SSSR count). The number of nitrogens with zero attached hydrogens (tertiary/aromatic N) is 2. The molecular weight excluding hydrogens is 247 g/mol. The van der Waals surface area contributed by atoms with Crippen molar-refractivity contribution in [3.05, 3.63) is 23.9 Å². The Bertz CT molecular complexity index is 354. The van der Waals surface area contributed by atoms with Gasteiger partial charge in [-0.05, 0) is 12.1 Å². The average molecular weight is 263 g/mol. The number of hydrogen-bond donors (Lipinski definition) is 1. The van der Waals surface area contributed by atoms with Crippen LogP contribution in [0.3, 0.4) is 0 Å². The van der Waals surface area contributed by atoms with Gasteiger partial charge < -0.3 is 15.4 Å². The monoisotopic (exact) mass is 263 g/mol. The first kappa shape index (κ1) is 14.7. The summed E-state index contributed by atoms with van der Waals surface area (Å²) in [6.45, 7) is 1.91. The molecule has 0 spiro atoms. The Hall–Kier alpha value is -1.34. The minimum Gasteiger partial charge on any atom is -0.383 e. The topological polar surface area (TPSA) is 51.4 Å². The van der Waals surface area contributed by atoms with Crippen molar-refractivity contribution in [2.75, 3.05) is 38.3 Å². The molecule has 0 aromatic carbocycles. The van der Waals surface area contributed by atoms with Gasteiger partial charge in [0.25, 0.3) is 0 Å². The number of methoxy groups -OCH3 is 1. The van der Waals surface area contributed by atoms with Gasteiger partial charge in [-0.15, -0.1) is 0 Å². The number of nitrogens with two attached hydrogens (primary N) is 1. The van der Waals surface area contributed by atoms with E-state index < -0.39 is 11.7 Å². The van der Waals surface area contributed by atoms with Gasteiger partial charge in [0.05, 0.1) is 12.2 Å². The molecule has 18 heavy (non-hydrogen) atoms. The third-order valence-corrected chi connectivity index (χ3v) is 2.36. The molecule has 7 heteroatoms. The van der Waals surface area contributed by atoms with E-state index in [1.807, 2.05) is 0 Å². The molecule has 0 radical (unpaired) electrons. The zero-order chi connectivity index (χ0) is 13.6. The summed E-state index contributed by atoms with van der Waals surface area (Å²) < 4.78 is 42.1. The predicted molar refractivity (Wildman–Crippen MR) is 62.4 cm³/mol. The van der Waals surface area contributed by atoms with E-state index >= 15 is 0 Å². The Morgan fingerprint density at radius 1 is 1.33 bits per heavy atom. The van der Waals surface area contributed by atoms with Crippen LogP contribution in [0.5, 0.6) is 0 Å². The van der Waals surface area contributed by atoms with Crippen LogP contribution in [0, 0.1) is 0 Å².